The lowest BCUT2D eigenvalue weighted by Gasteiger charge is -2.31. The topological polar surface area (TPSA) is 218 Å². The molecule has 0 bridgehead atoms. The van der Waals surface area contributed by atoms with Gasteiger partial charge in [0, 0.05) is 31.2 Å². The first-order valence-electron chi connectivity index (χ1n) is 17.2. The van der Waals surface area contributed by atoms with Crippen LogP contribution in [0.15, 0.2) is 0 Å². The van der Waals surface area contributed by atoms with Crippen LogP contribution < -0.4 is 26.6 Å². The van der Waals surface area contributed by atoms with Crippen LogP contribution in [-0.2, 0) is 38.5 Å². The van der Waals surface area contributed by atoms with Gasteiger partial charge >= 0.3 is 6.09 Å². The molecule has 284 valence electrons. The third-order valence-electron chi connectivity index (χ3n) is 7.96. The van der Waals surface area contributed by atoms with E-state index in [9.17, 15) is 37.5 Å². The number of nitrogens with one attached hydrogen (secondary N) is 5. The van der Waals surface area contributed by atoms with Crippen LogP contribution in [0.25, 0.3) is 0 Å². The first kappa shape index (κ1) is 44.0. The van der Waals surface area contributed by atoms with Crippen LogP contribution >= 0.6 is 0 Å². The van der Waals surface area contributed by atoms with Gasteiger partial charge in [-0.1, -0.05) is 34.6 Å². The molecule has 6 N–H and O–H groups in total. The molecule has 1 aliphatic heterocycles. The zero-order chi connectivity index (χ0) is 37.7. The zero-order valence-corrected chi connectivity index (χ0v) is 31.7. The number of carbonyl (C=O) groups is 5. The Balaban J connectivity index is 3.14. The van der Waals surface area contributed by atoms with Crippen molar-refractivity contribution in [2.75, 3.05) is 31.8 Å². The highest BCUT2D eigenvalue weighted by atomic mass is 32.2. The first-order valence-corrected chi connectivity index (χ1v) is 19.2. The van der Waals surface area contributed by atoms with Gasteiger partial charge in [-0.05, 0) is 65.2 Å². The second-order valence-corrected chi connectivity index (χ2v) is 17.1. The fraction of sp³-hybridized carbons (Fsp3) is 0.848. The minimum absolute atomic E-state index is 0.000908. The van der Waals surface area contributed by atoms with E-state index in [0.717, 1.165) is 6.26 Å². The Bertz CT molecular complexity index is 1210. The number of hydrogen-bond donors (Lipinski definition) is 6. The molecule has 0 aromatic heterocycles. The summed E-state index contributed by atoms with van der Waals surface area (Å²) in [6.07, 6.45) is -0.402. The molecule has 1 rings (SSSR count). The Morgan fingerprint density at radius 2 is 1.53 bits per heavy atom. The normalized spacial score (nSPS) is 18.8. The minimum atomic E-state index is -3.53. The van der Waals surface area contributed by atoms with Crippen molar-refractivity contribution in [2.45, 2.75) is 124 Å². The Morgan fingerprint density at radius 3 is 2.02 bits per heavy atom. The average Bonchev–Trinajstić information content (AvgIpc) is 3.49. The lowest BCUT2D eigenvalue weighted by Crippen LogP contribution is -2.58. The molecule has 16 heteroatoms. The molecule has 0 aromatic carbocycles. The first-order chi connectivity index (χ1) is 22.5. The van der Waals surface area contributed by atoms with E-state index in [2.05, 4.69) is 26.6 Å². The summed E-state index contributed by atoms with van der Waals surface area (Å²) in [7, 11) is -3.53. The third kappa shape index (κ3) is 17.0. The second-order valence-electron chi connectivity index (χ2n) is 14.8. The Morgan fingerprint density at radius 1 is 0.898 bits per heavy atom. The molecule has 0 radical (unpaired) electrons. The number of rotatable bonds is 19. The van der Waals surface area contributed by atoms with Crippen molar-refractivity contribution >= 4 is 39.6 Å². The fourth-order valence-electron chi connectivity index (χ4n) is 5.36. The van der Waals surface area contributed by atoms with Gasteiger partial charge in [0.2, 0.25) is 23.6 Å². The molecule has 1 heterocycles. The van der Waals surface area contributed by atoms with Crippen LogP contribution in [0.4, 0.5) is 4.79 Å². The number of alkyl carbamates (subject to hydrolysis) is 1. The molecule has 1 aliphatic rings. The zero-order valence-electron chi connectivity index (χ0n) is 30.9. The third-order valence-corrected chi connectivity index (χ3v) is 8.94. The number of sulfone groups is 1. The maximum atomic E-state index is 13.7. The van der Waals surface area contributed by atoms with Gasteiger partial charge in [-0.15, -0.1) is 0 Å². The van der Waals surface area contributed by atoms with E-state index in [4.69, 9.17) is 9.47 Å². The number of carbonyl (C=O) groups excluding carboxylic acids is 5. The van der Waals surface area contributed by atoms with Crippen molar-refractivity contribution in [1.29, 1.82) is 0 Å². The van der Waals surface area contributed by atoms with Crippen molar-refractivity contribution in [3.05, 3.63) is 0 Å². The Hall–Kier alpha value is -2.98. The van der Waals surface area contributed by atoms with Crippen molar-refractivity contribution < 1.29 is 47.0 Å². The molecule has 0 aliphatic carbocycles. The Kier molecular flexibility index (Phi) is 18.0. The molecule has 0 saturated carbocycles. The van der Waals surface area contributed by atoms with Crippen molar-refractivity contribution in [2.24, 2.45) is 23.7 Å². The van der Waals surface area contributed by atoms with Gasteiger partial charge in [0.05, 0.1) is 24.5 Å². The predicted molar refractivity (Wildman–Crippen MR) is 185 cm³/mol. The summed E-state index contributed by atoms with van der Waals surface area (Å²) in [4.78, 5) is 65.4. The minimum Gasteiger partial charge on any atom is -0.444 e. The highest BCUT2D eigenvalue weighted by Gasteiger charge is 2.36. The average molecular weight is 720 g/mol. The van der Waals surface area contributed by atoms with E-state index in [1.54, 1.807) is 48.5 Å². The van der Waals surface area contributed by atoms with Crippen LogP contribution in [0.1, 0.15) is 88.0 Å². The smallest absolute Gasteiger partial charge is 0.408 e. The SMILES string of the molecule is CCNC(=O)[C@@H](NC(=O)[C@H](C)C[C@H](O)[C@H](CC(C)C)NC(=O)[C@H](CCS(C)(=O)=O)NC(=O)[C@@H](NC(=O)OC(C)(C)C)C(C)C)C1CCOC1. The van der Waals surface area contributed by atoms with Gasteiger partial charge in [0.25, 0.3) is 0 Å². The van der Waals surface area contributed by atoms with Crippen LogP contribution in [-0.4, -0.2) is 111 Å². The highest BCUT2D eigenvalue weighted by molar-refractivity contribution is 7.90. The molecule has 49 heavy (non-hydrogen) atoms. The van der Waals surface area contributed by atoms with Crippen molar-refractivity contribution in [3.63, 3.8) is 0 Å². The maximum Gasteiger partial charge on any atom is 0.408 e. The fourth-order valence-corrected chi connectivity index (χ4v) is 6.03. The number of aliphatic hydroxyl groups is 1. The number of likely N-dealkylation sites (N-methyl/N-ethyl adjacent to an activating group) is 1. The van der Waals surface area contributed by atoms with E-state index < -0.39 is 87.1 Å². The Labute approximate surface area is 292 Å². The van der Waals surface area contributed by atoms with E-state index in [0.29, 0.717) is 32.6 Å². The highest BCUT2D eigenvalue weighted by Crippen LogP contribution is 2.20. The summed E-state index contributed by atoms with van der Waals surface area (Å²) in [6, 6.07) is -4.07. The molecule has 7 atom stereocenters. The van der Waals surface area contributed by atoms with Crippen molar-refractivity contribution in [1.82, 2.24) is 26.6 Å². The molecule has 0 aromatic rings. The van der Waals surface area contributed by atoms with Gasteiger partial charge in [0.1, 0.15) is 33.6 Å². The summed E-state index contributed by atoms with van der Waals surface area (Å²) in [5, 5.41) is 24.7. The van der Waals surface area contributed by atoms with Crippen LogP contribution in [0.5, 0.6) is 0 Å². The van der Waals surface area contributed by atoms with Gasteiger partial charge in [-0.2, -0.15) is 0 Å². The van der Waals surface area contributed by atoms with Crippen LogP contribution in [0.2, 0.25) is 0 Å². The summed E-state index contributed by atoms with van der Waals surface area (Å²) < 4.78 is 34.8. The monoisotopic (exact) mass is 719 g/mol. The quantitative estimate of drug-likeness (QED) is 0.111. The number of ether oxygens (including phenoxy) is 2. The lowest BCUT2D eigenvalue weighted by molar-refractivity contribution is -0.133. The molecular weight excluding hydrogens is 658 g/mol. The van der Waals surface area contributed by atoms with Crippen LogP contribution in [0, 0.1) is 23.7 Å². The molecule has 1 saturated heterocycles. The van der Waals surface area contributed by atoms with E-state index >= 15 is 0 Å². The lowest BCUT2D eigenvalue weighted by atomic mass is 9.91. The number of hydrogen-bond acceptors (Lipinski definition) is 10. The molecule has 5 amide bonds. The molecular formula is C33H61N5O10S. The summed E-state index contributed by atoms with van der Waals surface area (Å²) in [6.45, 7) is 16.8. The molecule has 15 nitrogen and oxygen atoms in total. The van der Waals surface area contributed by atoms with Gasteiger partial charge < -0.3 is 41.2 Å². The second kappa shape index (κ2) is 20.0. The van der Waals surface area contributed by atoms with Gasteiger partial charge in [0.15, 0.2) is 0 Å². The van der Waals surface area contributed by atoms with E-state index in [-0.39, 0.29) is 30.6 Å². The van der Waals surface area contributed by atoms with Gasteiger partial charge in [-0.3, -0.25) is 19.2 Å². The maximum absolute atomic E-state index is 13.7. The molecule has 0 spiro atoms. The van der Waals surface area contributed by atoms with Crippen molar-refractivity contribution in [3.8, 4) is 0 Å². The summed E-state index contributed by atoms with van der Waals surface area (Å²) in [5.41, 5.74) is -0.819. The van der Waals surface area contributed by atoms with Gasteiger partial charge in [-0.25, -0.2) is 13.2 Å². The van der Waals surface area contributed by atoms with E-state index in [1.807, 2.05) is 13.8 Å². The summed E-state index contributed by atoms with van der Waals surface area (Å²) >= 11 is 0. The number of aliphatic hydroxyl groups excluding tert-OH is 1. The molecule has 1 fully saturated rings. The predicted octanol–water partition coefficient (Wildman–Crippen LogP) is 1.03. The molecule has 1 unspecified atom stereocenters. The summed E-state index contributed by atoms with van der Waals surface area (Å²) in [5.74, 6) is -3.94. The standard InChI is InChI=1S/C33H61N5O10S/c1-11-34-30(42)27(22-12-14-47-18-22)37-28(40)21(6)17-25(39)24(16-19(2)3)36-29(41)23(13-15-49(10,45)46)35-31(43)26(20(4)5)38-32(44)48-33(7,8)9/h19-27,39H,11-18H2,1-10H3,(H,34,42)(H,35,43)(H,36,41)(H,37,40)(H,38,44)/t21-,22?,23+,24+,25+,26+,27+/m1/s1. The van der Waals surface area contributed by atoms with Crippen LogP contribution in [0.3, 0.4) is 0 Å². The number of amides is 5. The van der Waals surface area contributed by atoms with E-state index in [1.165, 1.54) is 0 Å². The largest absolute Gasteiger partial charge is 0.444 e.